The number of methoxy groups -OCH3 is 1. The van der Waals surface area contributed by atoms with Gasteiger partial charge in [0, 0.05) is 20.0 Å². The molecule has 5 nitrogen and oxygen atoms in total. The standard InChI is InChI=1S/C12H24N2O3/c1-10(12(16)17-3)9-14(2)11(15)7-5-4-6-8-13/h10H,4-9,13H2,1-3H3. The van der Waals surface area contributed by atoms with Crippen molar-refractivity contribution >= 4 is 11.9 Å². The molecule has 0 aliphatic heterocycles. The molecule has 0 aliphatic carbocycles. The Bertz CT molecular complexity index is 244. The normalized spacial score (nSPS) is 12.0. The van der Waals surface area contributed by atoms with Gasteiger partial charge in [0.15, 0.2) is 0 Å². The Morgan fingerprint density at radius 2 is 1.94 bits per heavy atom. The van der Waals surface area contributed by atoms with Gasteiger partial charge in [0.05, 0.1) is 13.0 Å². The van der Waals surface area contributed by atoms with Gasteiger partial charge in [-0.1, -0.05) is 13.3 Å². The average Bonchev–Trinajstić information content (AvgIpc) is 2.32. The maximum atomic E-state index is 11.7. The van der Waals surface area contributed by atoms with Crippen molar-refractivity contribution in [3.05, 3.63) is 0 Å². The molecule has 5 heteroatoms. The number of carbonyl (C=O) groups excluding carboxylic acids is 2. The summed E-state index contributed by atoms with van der Waals surface area (Å²) in [4.78, 5) is 24.5. The molecule has 1 atom stereocenters. The fourth-order valence-electron chi connectivity index (χ4n) is 1.58. The molecule has 0 radical (unpaired) electrons. The number of ether oxygens (including phenoxy) is 1. The summed E-state index contributed by atoms with van der Waals surface area (Å²) < 4.78 is 4.61. The highest BCUT2D eigenvalue weighted by Gasteiger charge is 2.18. The summed E-state index contributed by atoms with van der Waals surface area (Å²) in [7, 11) is 3.07. The first-order valence-corrected chi connectivity index (χ1v) is 6.04. The van der Waals surface area contributed by atoms with E-state index in [4.69, 9.17) is 5.73 Å². The van der Waals surface area contributed by atoms with E-state index >= 15 is 0 Å². The van der Waals surface area contributed by atoms with Gasteiger partial charge >= 0.3 is 5.97 Å². The second kappa shape index (κ2) is 8.98. The number of nitrogens with zero attached hydrogens (tertiary/aromatic N) is 1. The molecule has 17 heavy (non-hydrogen) atoms. The van der Waals surface area contributed by atoms with E-state index in [1.807, 2.05) is 0 Å². The van der Waals surface area contributed by atoms with Gasteiger partial charge in [0.2, 0.25) is 5.91 Å². The zero-order valence-corrected chi connectivity index (χ0v) is 11.1. The molecule has 0 bridgehead atoms. The van der Waals surface area contributed by atoms with Crippen molar-refractivity contribution in [2.24, 2.45) is 11.7 Å². The van der Waals surface area contributed by atoms with Gasteiger partial charge in [0.25, 0.3) is 0 Å². The minimum absolute atomic E-state index is 0.0674. The first-order valence-electron chi connectivity index (χ1n) is 6.04. The first-order chi connectivity index (χ1) is 8.02. The van der Waals surface area contributed by atoms with Crippen LogP contribution in [0.2, 0.25) is 0 Å². The Balaban J connectivity index is 3.84. The number of carbonyl (C=O) groups is 2. The molecule has 1 unspecified atom stereocenters. The predicted octanol–water partition coefficient (Wildman–Crippen LogP) is 0.773. The summed E-state index contributed by atoms with van der Waals surface area (Å²) in [6.45, 7) is 2.83. The van der Waals surface area contributed by atoms with Crippen LogP contribution in [0.1, 0.15) is 32.6 Å². The SMILES string of the molecule is COC(=O)C(C)CN(C)C(=O)CCCCCN. The van der Waals surface area contributed by atoms with Gasteiger partial charge in [-0.05, 0) is 19.4 Å². The minimum atomic E-state index is -0.284. The Hall–Kier alpha value is -1.10. The highest BCUT2D eigenvalue weighted by Crippen LogP contribution is 2.05. The lowest BCUT2D eigenvalue weighted by Crippen LogP contribution is -2.34. The number of esters is 1. The third kappa shape index (κ3) is 6.94. The summed E-state index contributed by atoms with van der Waals surface area (Å²) >= 11 is 0. The van der Waals surface area contributed by atoms with Crippen molar-refractivity contribution in [1.82, 2.24) is 4.90 Å². The third-order valence-corrected chi connectivity index (χ3v) is 2.67. The van der Waals surface area contributed by atoms with Crippen molar-refractivity contribution in [3.63, 3.8) is 0 Å². The van der Waals surface area contributed by atoms with Crippen LogP contribution in [0, 0.1) is 5.92 Å². The first kappa shape index (κ1) is 15.9. The van der Waals surface area contributed by atoms with E-state index in [9.17, 15) is 9.59 Å². The van der Waals surface area contributed by atoms with Crippen LogP contribution in [-0.2, 0) is 14.3 Å². The summed E-state index contributed by atoms with van der Waals surface area (Å²) in [5, 5.41) is 0. The van der Waals surface area contributed by atoms with E-state index < -0.39 is 0 Å². The minimum Gasteiger partial charge on any atom is -0.469 e. The second-order valence-electron chi connectivity index (χ2n) is 4.30. The second-order valence-corrected chi connectivity index (χ2v) is 4.30. The molecule has 0 aliphatic rings. The quantitative estimate of drug-likeness (QED) is 0.505. The Morgan fingerprint density at radius 3 is 2.47 bits per heavy atom. The molecule has 100 valence electrons. The van der Waals surface area contributed by atoms with Crippen LogP contribution in [0.25, 0.3) is 0 Å². The third-order valence-electron chi connectivity index (χ3n) is 2.67. The zero-order valence-electron chi connectivity index (χ0n) is 11.1. The van der Waals surface area contributed by atoms with Gasteiger partial charge in [-0.2, -0.15) is 0 Å². The van der Waals surface area contributed by atoms with E-state index in [1.165, 1.54) is 7.11 Å². The van der Waals surface area contributed by atoms with Crippen molar-refractivity contribution in [2.45, 2.75) is 32.6 Å². The van der Waals surface area contributed by atoms with Crippen LogP contribution in [0.3, 0.4) is 0 Å². The van der Waals surface area contributed by atoms with Gasteiger partial charge in [-0.25, -0.2) is 0 Å². The van der Waals surface area contributed by atoms with Crippen LogP contribution in [0.4, 0.5) is 0 Å². The largest absolute Gasteiger partial charge is 0.469 e. The lowest BCUT2D eigenvalue weighted by molar-refractivity contribution is -0.146. The van der Waals surface area contributed by atoms with Crippen LogP contribution in [0.15, 0.2) is 0 Å². The van der Waals surface area contributed by atoms with E-state index in [0.29, 0.717) is 19.5 Å². The van der Waals surface area contributed by atoms with Crippen molar-refractivity contribution in [1.29, 1.82) is 0 Å². The molecule has 0 rings (SSSR count). The molecular formula is C12H24N2O3. The van der Waals surface area contributed by atoms with Crippen molar-refractivity contribution in [3.8, 4) is 0 Å². The van der Waals surface area contributed by atoms with Crippen LogP contribution in [0.5, 0.6) is 0 Å². The highest BCUT2D eigenvalue weighted by atomic mass is 16.5. The molecule has 0 spiro atoms. The number of hydrogen-bond acceptors (Lipinski definition) is 4. The van der Waals surface area contributed by atoms with E-state index in [1.54, 1.807) is 18.9 Å². The van der Waals surface area contributed by atoms with Crippen LogP contribution in [-0.4, -0.2) is 44.0 Å². The van der Waals surface area contributed by atoms with Crippen molar-refractivity contribution in [2.75, 3.05) is 27.2 Å². The summed E-state index contributed by atoms with van der Waals surface area (Å²) in [6, 6.07) is 0. The number of hydrogen-bond donors (Lipinski definition) is 1. The van der Waals surface area contributed by atoms with Gasteiger partial charge < -0.3 is 15.4 Å². The molecule has 0 heterocycles. The summed E-state index contributed by atoms with van der Waals surface area (Å²) in [5.41, 5.74) is 5.37. The average molecular weight is 244 g/mol. The predicted molar refractivity (Wildman–Crippen MR) is 66.3 cm³/mol. The van der Waals surface area contributed by atoms with E-state index in [2.05, 4.69) is 4.74 Å². The maximum Gasteiger partial charge on any atom is 0.310 e. The van der Waals surface area contributed by atoms with Crippen LogP contribution < -0.4 is 5.73 Å². The monoisotopic (exact) mass is 244 g/mol. The molecule has 0 aromatic rings. The summed E-state index contributed by atoms with van der Waals surface area (Å²) in [6.07, 6.45) is 3.30. The fraction of sp³-hybridized carbons (Fsp3) is 0.833. The van der Waals surface area contributed by atoms with E-state index in [0.717, 1.165) is 19.3 Å². The van der Waals surface area contributed by atoms with Crippen molar-refractivity contribution < 1.29 is 14.3 Å². The lowest BCUT2D eigenvalue weighted by Gasteiger charge is -2.20. The molecule has 0 aromatic heterocycles. The summed E-state index contributed by atoms with van der Waals surface area (Å²) in [5.74, 6) is -0.497. The van der Waals surface area contributed by atoms with Gasteiger partial charge in [0.1, 0.15) is 0 Å². The fourth-order valence-corrected chi connectivity index (χ4v) is 1.58. The molecular weight excluding hydrogens is 220 g/mol. The number of unbranched alkanes of at least 4 members (excludes halogenated alkanes) is 2. The highest BCUT2D eigenvalue weighted by molar-refractivity contribution is 5.77. The lowest BCUT2D eigenvalue weighted by atomic mass is 10.1. The molecule has 1 amide bonds. The van der Waals surface area contributed by atoms with Gasteiger partial charge in [-0.3, -0.25) is 9.59 Å². The number of nitrogens with two attached hydrogens (primary N) is 1. The molecule has 0 saturated heterocycles. The maximum absolute atomic E-state index is 11.7. The molecule has 0 fully saturated rings. The number of rotatable bonds is 8. The smallest absolute Gasteiger partial charge is 0.310 e. The van der Waals surface area contributed by atoms with Gasteiger partial charge in [-0.15, -0.1) is 0 Å². The molecule has 0 aromatic carbocycles. The Kier molecular flexibility index (Phi) is 8.40. The zero-order chi connectivity index (χ0) is 13.3. The van der Waals surface area contributed by atoms with E-state index in [-0.39, 0.29) is 17.8 Å². The molecule has 2 N–H and O–H groups in total. The molecule has 0 saturated carbocycles. The number of amides is 1. The van der Waals surface area contributed by atoms with Crippen LogP contribution >= 0.6 is 0 Å². The Labute approximate surface area is 103 Å². The topological polar surface area (TPSA) is 72.6 Å². The Morgan fingerprint density at radius 1 is 1.29 bits per heavy atom.